The van der Waals surface area contributed by atoms with E-state index < -0.39 is 16.4 Å². The first-order valence-electron chi connectivity index (χ1n) is 8.39. The number of amides is 1. The number of carbonyl (C=O) groups excluding carboxylic acids is 2. The maximum atomic E-state index is 12.4. The normalized spacial score (nSPS) is 20.6. The molecular weight excluding hydrogens is 324 g/mol. The number of rotatable bonds is 5. The summed E-state index contributed by atoms with van der Waals surface area (Å²) in [7, 11) is 1.30. The van der Waals surface area contributed by atoms with Crippen molar-refractivity contribution in [1.29, 1.82) is 0 Å². The van der Waals surface area contributed by atoms with E-state index in [1.807, 2.05) is 0 Å². The SMILES string of the molecule is COC(=O)C(C)(C)NC(=O)[C@H]1CC[C@@H](c2ccc([N+](=O)[O-])cc2)CC1. The van der Waals surface area contributed by atoms with Crippen molar-refractivity contribution in [2.45, 2.75) is 51.0 Å². The summed E-state index contributed by atoms with van der Waals surface area (Å²) in [6, 6.07) is 6.63. The minimum atomic E-state index is -1.04. The van der Waals surface area contributed by atoms with Crippen LogP contribution in [0.1, 0.15) is 51.0 Å². The number of esters is 1. The Balaban J connectivity index is 1.91. The zero-order valence-electron chi connectivity index (χ0n) is 14.8. The molecule has 1 N–H and O–H groups in total. The summed E-state index contributed by atoms with van der Waals surface area (Å²) in [6.07, 6.45) is 3.14. The van der Waals surface area contributed by atoms with Crippen LogP contribution in [0.2, 0.25) is 0 Å². The van der Waals surface area contributed by atoms with E-state index in [-0.39, 0.29) is 17.5 Å². The van der Waals surface area contributed by atoms with Crippen LogP contribution in [-0.4, -0.2) is 29.4 Å². The molecular formula is C18H24N2O5. The topological polar surface area (TPSA) is 98.5 Å². The van der Waals surface area contributed by atoms with Gasteiger partial charge in [-0.05, 0) is 51.0 Å². The maximum absolute atomic E-state index is 12.4. The molecule has 1 aromatic carbocycles. The van der Waals surface area contributed by atoms with Crippen molar-refractivity contribution >= 4 is 17.6 Å². The molecule has 2 rings (SSSR count). The fourth-order valence-electron chi connectivity index (χ4n) is 3.27. The maximum Gasteiger partial charge on any atom is 0.330 e. The van der Waals surface area contributed by atoms with E-state index in [4.69, 9.17) is 4.74 Å². The molecule has 0 saturated heterocycles. The van der Waals surface area contributed by atoms with Gasteiger partial charge in [0.15, 0.2) is 0 Å². The lowest BCUT2D eigenvalue weighted by atomic mass is 9.78. The fraction of sp³-hybridized carbons (Fsp3) is 0.556. The zero-order valence-corrected chi connectivity index (χ0v) is 14.8. The van der Waals surface area contributed by atoms with E-state index in [2.05, 4.69) is 5.32 Å². The van der Waals surface area contributed by atoms with Gasteiger partial charge in [0, 0.05) is 18.1 Å². The van der Waals surface area contributed by atoms with Crippen LogP contribution in [0.5, 0.6) is 0 Å². The highest BCUT2D eigenvalue weighted by Crippen LogP contribution is 2.36. The van der Waals surface area contributed by atoms with Gasteiger partial charge >= 0.3 is 5.97 Å². The second-order valence-electron chi connectivity index (χ2n) is 7.00. The summed E-state index contributed by atoms with van der Waals surface area (Å²) in [6.45, 7) is 3.25. The first-order chi connectivity index (χ1) is 11.7. The summed E-state index contributed by atoms with van der Waals surface area (Å²) in [5.41, 5.74) is 0.113. The molecule has 0 spiro atoms. The molecule has 0 aromatic heterocycles. The first kappa shape index (κ1) is 18.9. The van der Waals surface area contributed by atoms with Crippen molar-refractivity contribution in [2.24, 2.45) is 5.92 Å². The lowest BCUT2D eigenvalue weighted by Crippen LogP contribution is -2.52. The van der Waals surface area contributed by atoms with Crippen LogP contribution >= 0.6 is 0 Å². The number of non-ortho nitro benzene ring substituents is 1. The summed E-state index contributed by atoms with van der Waals surface area (Å²) in [5, 5.41) is 13.5. The molecule has 1 amide bonds. The molecule has 1 aliphatic rings. The number of nitrogens with zero attached hydrogens (tertiary/aromatic N) is 1. The Labute approximate surface area is 146 Å². The monoisotopic (exact) mass is 348 g/mol. The van der Waals surface area contributed by atoms with Gasteiger partial charge < -0.3 is 10.1 Å². The third-order valence-electron chi connectivity index (χ3n) is 4.80. The van der Waals surface area contributed by atoms with Gasteiger partial charge in [0.2, 0.25) is 5.91 Å². The van der Waals surface area contributed by atoms with E-state index in [0.29, 0.717) is 5.92 Å². The van der Waals surface area contributed by atoms with Crippen LogP contribution in [-0.2, 0) is 14.3 Å². The summed E-state index contributed by atoms with van der Waals surface area (Å²) in [4.78, 5) is 34.4. The van der Waals surface area contributed by atoms with Crippen molar-refractivity contribution in [3.8, 4) is 0 Å². The number of ether oxygens (including phenoxy) is 1. The van der Waals surface area contributed by atoms with Crippen molar-refractivity contribution in [2.75, 3.05) is 7.11 Å². The molecule has 0 radical (unpaired) electrons. The summed E-state index contributed by atoms with van der Waals surface area (Å²) >= 11 is 0. The molecule has 7 heteroatoms. The molecule has 1 saturated carbocycles. The fourth-order valence-corrected chi connectivity index (χ4v) is 3.27. The summed E-state index contributed by atoms with van der Waals surface area (Å²) in [5.74, 6) is -0.422. The van der Waals surface area contributed by atoms with Crippen LogP contribution in [0.3, 0.4) is 0 Å². The largest absolute Gasteiger partial charge is 0.467 e. The Morgan fingerprint density at radius 2 is 1.72 bits per heavy atom. The number of methoxy groups -OCH3 is 1. The van der Waals surface area contributed by atoms with Crippen LogP contribution in [0.4, 0.5) is 5.69 Å². The van der Waals surface area contributed by atoms with E-state index >= 15 is 0 Å². The lowest BCUT2D eigenvalue weighted by molar-refractivity contribution is -0.384. The van der Waals surface area contributed by atoms with Gasteiger partial charge in [-0.15, -0.1) is 0 Å². The van der Waals surface area contributed by atoms with Gasteiger partial charge in [0.25, 0.3) is 5.69 Å². The van der Waals surface area contributed by atoms with Gasteiger partial charge in [0.1, 0.15) is 5.54 Å². The Morgan fingerprint density at radius 1 is 1.16 bits per heavy atom. The Bertz CT molecular complexity index is 646. The molecule has 1 aromatic rings. The quantitative estimate of drug-likeness (QED) is 0.501. The molecule has 0 heterocycles. The van der Waals surface area contributed by atoms with Crippen molar-refractivity contribution in [3.63, 3.8) is 0 Å². The van der Waals surface area contributed by atoms with E-state index in [1.54, 1.807) is 26.0 Å². The van der Waals surface area contributed by atoms with E-state index in [1.165, 1.54) is 19.2 Å². The Hall–Kier alpha value is -2.44. The Morgan fingerprint density at radius 3 is 2.20 bits per heavy atom. The lowest BCUT2D eigenvalue weighted by Gasteiger charge is -2.31. The smallest absolute Gasteiger partial charge is 0.330 e. The predicted molar refractivity (Wildman–Crippen MR) is 92.0 cm³/mol. The van der Waals surface area contributed by atoms with Crippen LogP contribution < -0.4 is 5.32 Å². The molecule has 25 heavy (non-hydrogen) atoms. The molecule has 136 valence electrons. The third kappa shape index (κ3) is 4.55. The highest BCUT2D eigenvalue weighted by molar-refractivity contribution is 5.88. The van der Waals surface area contributed by atoms with Crippen molar-refractivity contribution in [1.82, 2.24) is 5.32 Å². The number of nitro groups is 1. The minimum Gasteiger partial charge on any atom is -0.467 e. The van der Waals surface area contributed by atoms with Crippen molar-refractivity contribution in [3.05, 3.63) is 39.9 Å². The van der Waals surface area contributed by atoms with Gasteiger partial charge in [-0.25, -0.2) is 4.79 Å². The average Bonchev–Trinajstić information content (AvgIpc) is 2.60. The highest BCUT2D eigenvalue weighted by Gasteiger charge is 2.34. The number of benzene rings is 1. The average molecular weight is 348 g/mol. The predicted octanol–water partition coefficient (Wildman–Crippen LogP) is 2.94. The number of carbonyl (C=O) groups is 2. The molecule has 1 fully saturated rings. The van der Waals surface area contributed by atoms with Crippen LogP contribution in [0, 0.1) is 16.0 Å². The minimum absolute atomic E-state index is 0.0851. The molecule has 7 nitrogen and oxygen atoms in total. The number of nitro benzene ring substituents is 1. The molecule has 0 bridgehead atoms. The second kappa shape index (κ2) is 7.63. The second-order valence-corrected chi connectivity index (χ2v) is 7.00. The Kier molecular flexibility index (Phi) is 5.77. The van der Waals surface area contributed by atoms with Gasteiger partial charge in [-0.2, -0.15) is 0 Å². The molecule has 0 atom stereocenters. The van der Waals surface area contributed by atoms with Crippen LogP contribution in [0.15, 0.2) is 24.3 Å². The molecule has 0 aliphatic heterocycles. The standard InChI is InChI=1S/C18H24N2O5/c1-18(2,17(22)25-3)19-16(21)14-6-4-12(5-7-14)13-8-10-15(11-9-13)20(23)24/h8-12,14H,4-7H2,1-3H3,(H,19,21)/t12-,14+. The summed E-state index contributed by atoms with van der Waals surface area (Å²) < 4.78 is 4.70. The van der Waals surface area contributed by atoms with Crippen LogP contribution in [0.25, 0.3) is 0 Å². The third-order valence-corrected chi connectivity index (χ3v) is 4.80. The molecule has 0 unspecified atom stereocenters. The van der Waals surface area contributed by atoms with Crippen molar-refractivity contribution < 1.29 is 19.2 Å². The number of hydrogen-bond donors (Lipinski definition) is 1. The highest BCUT2D eigenvalue weighted by atomic mass is 16.6. The zero-order chi connectivity index (χ0) is 18.6. The number of nitrogens with one attached hydrogen (secondary N) is 1. The van der Waals surface area contributed by atoms with E-state index in [9.17, 15) is 19.7 Å². The van der Waals surface area contributed by atoms with Gasteiger partial charge in [0.05, 0.1) is 12.0 Å². The van der Waals surface area contributed by atoms with Gasteiger partial charge in [-0.1, -0.05) is 12.1 Å². The van der Waals surface area contributed by atoms with E-state index in [0.717, 1.165) is 31.2 Å². The number of hydrogen-bond acceptors (Lipinski definition) is 5. The van der Waals surface area contributed by atoms with Gasteiger partial charge in [-0.3, -0.25) is 14.9 Å². The first-order valence-corrected chi connectivity index (χ1v) is 8.39. The molecule has 1 aliphatic carbocycles.